The van der Waals surface area contributed by atoms with Crippen LogP contribution in [0, 0.1) is 11.3 Å². The van der Waals surface area contributed by atoms with Gasteiger partial charge in [0.2, 0.25) is 0 Å². The molecule has 1 aliphatic rings. The number of hydrogen-bond donors (Lipinski definition) is 2. The minimum Gasteiger partial charge on any atom is -0.490 e. The molecule has 1 unspecified atom stereocenters. The molecule has 6 heteroatoms. The molecule has 6 rings (SSSR count). The third-order valence-electron chi connectivity index (χ3n) is 9.94. The van der Waals surface area contributed by atoms with E-state index < -0.39 is 17.1 Å². The first kappa shape index (κ1) is 34.5. The predicted molar refractivity (Wildman–Crippen MR) is 197 cm³/mol. The van der Waals surface area contributed by atoms with Crippen LogP contribution in [0.1, 0.15) is 79.3 Å². The van der Waals surface area contributed by atoms with E-state index in [1.807, 2.05) is 43.3 Å². The van der Waals surface area contributed by atoms with Gasteiger partial charge in [0.1, 0.15) is 11.4 Å². The lowest BCUT2D eigenvalue weighted by atomic mass is 9.79. The van der Waals surface area contributed by atoms with Crippen molar-refractivity contribution in [1.29, 1.82) is 5.26 Å². The first-order valence-corrected chi connectivity index (χ1v) is 17.6. The minimum atomic E-state index is -1.38. The van der Waals surface area contributed by atoms with Crippen LogP contribution in [0.5, 0.6) is 5.75 Å². The third-order valence-corrected chi connectivity index (χ3v) is 9.94. The summed E-state index contributed by atoms with van der Waals surface area (Å²) in [7, 11) is 0. The van der Waals surface area contributed by atoms with Gasteiger partial charge >= 0.3 is 5.97 Å². The van der Waals surface area contributed by atoms with Gasteiger partial charge in [0.25, 0.3) is 0 Å². The van der Waals surface area contributed by atoms with E-state index in [0.29, 0.717) is 29.0 Å². The number of hydrogen-bond acceptors (Lipinski definition) is 5. The van der Waals surface area contributed by atoms with Gasteiger partial charge < -0.3 is 19.9 Å². The quantitative estimate of drug-likeness (QED) is 0.122. The Kier molecular flexibility index (Phi) is 10.7. The summed E-state index contributed by atoms with van der Waals surface area (Å²) in [6, 6.07) is 46.3. The molecule has 0 saturated heterocycles. The molecule has 0 heterocycles. The normalized spacial score (nSPS) is 17.2. The lowest BCUT2D eigenvalue weighted by molar-refractivity contribution is -0.142. The standard InChI is InChI=1S/C44H44N2O4/c1-3-32-28-37(43(4-2,42(47)48)46-38-22-20-33(31-45)21-23-38)30-41(29-32)49-39-24-26-40(27-25-39)50-44(34-14-8-5-9-15-34,35-16-10-6-11-17-35)36-18-12-7-13-19-36/h5-23,28-30,39-40,46H,3-4,24-27H2,1-2H3,(H,47,48). The van der Waals surface area contributed by atoms with Crippen molar-refractivity contribution in [2.45, 2.75) is 75.7 Å². The fourth-order valence-electron chi connectivity index (χ4n) is 7.18. The highest BCUT2D eigenvalue weighted by Gasteiger charge is 2.42. The van der Waals surface area contributed by atoms with Gasteiger partial charge in [0.05, 0.1) is 23.8 Å². The first-order chi connectivity index (χ1) is 24.4. The zero-order valence-electron chi connectivity index (χ0n) is 28.7. The van der Waals surface area contributed by atoms with Gasteiger partial charge in [0.15, 0.2) is 5.54 Å². The number of nitriles is 1. The summed E-state index contributed by atoms with van der Waals surface area (Å²) in [6.45, 7) is 3.93. The van der Waals surface area contributed by atoms with Crippen molar-refractivity contribution in [2.75, 3.05) is 5.32 Å². The number of ether oxygens (including phenoxy) is 2. The largest absolute Gasteiger partial charge is 0.490 e. The van der Waals surface area contributed by atoms with Crippen LogP contribution in [0.15, 0.2) is 133 Å². The molecule has 0 aromatic heterocycles. The number of anilines is 1. The number of aliphatic carboxylic acids is 1. The highest BCUT2D eigenvalue weighted by atomic mass is 16.5. The van der Waals surface area contributed by atoms with Gasteiger partial charge in [-0.2, -0.15) is 5.26 Å². The van der Waals surface area contributed by atoms with Gasteiger partial charge in [-0.15, -0.1) is 0 Å². The fourth-order valence-corrected chi connectivity index (χ4v) is 7.18. The second-order valence-corrected chi connectivity index (χ2v) is 13.0. The summed E-state index contributed by atoms with van der Waals surface area (Å²) in [5, 5.41) is 23.1. The van der Waals surface area contributed by atoms with Crippen LogP contribution in [-0.4, -0.2) is 23.3 Å². The maximum Gasteiger partial charge on any atom is 0.334 e. The summed E-state index contributed by atoms with van der Waals surface area (Å²) in [6.07, 6.45) is 4.30. The van der Waals surface area contributed by atoms with Crippen LogP contribution in [0.25, 0.3) is 0 Å². The molecule has 6 nitrogen and oxygen atoms in total. The summed E-state index contributed by atoms with van der Waals surface area (Å²) >= 11 is 0. The number of benzene rings is 5. The summed E-state index contributed by atoms with van der Waals surface area (Å²) in [5.74, 6) is -0.295. The van der Waals surface area contributed by atoms with Crippen LogP contribution >= 0.6 is 0 Å². The molecule has 5 aromatic carbocycles. The Morgan fingerprint density at radius 1 is 0.740 bits per heavy atom. The monoisotopic (exact) mass is 664 g/mol. The molecule has 1 aliphatic carbocycles. The average Bonchev–Trinajstić information content (AvgIpc) is 3.17. The summed E-state index contributed by atoms with van der Waals surface area (Å²) < 4.78 is 14.0. The van der Waals surface area contributed by atoms with E-state index in [9.17, 15) is 15.2 Å². The topological polar surface area (TPSA) is 91.6 Å². The Balaban J connectivity index is 1.24. The Hall–Kier alpha value is -5.38. The van der Waals surface area contributed by atoms with Crippen molar-refractivity contribution in [3.63, 3.8) is 0 Å². The zero-order valence-corrected chi connectivity index (χ0v) is 28.7. The van der Waals surface area contributed by atoms with Crippen LogP contribution in [0.3, 0.4) is 0 Å². The van der Waals surface area contributed by atoms with Crippen LogP contribution in [-0.2, 0) is 27.1 Å². The average molecular weight is 665 g/mol. The number of rotatable bonds is 13. The Morgan fingerprint density at radius 2 is 1.26 bits per heavy atom. The van der Waals surface area contributed by atoms with Crippen molar-refractivity contribution < 1.29 is 19.4 Å². The molecule has 0 radical (unpaired) electrons. The second kappa shape index (κ2) is 15.4. The van der Waals surface area contributed by atoms with Crippen molar-refractivity contribution in [3.05, 3.63) is 167 Å². The highest BCUT2D eigenvalue weighted by Crippen LogP contribution is 2.43. The Labute approximate surface area is 295 Å². The lowest BCUT2D eigenvalue weighted by Crippen LogP contribution is -2.43. The zero-order chi connectivity index (χ0) is 35.0. The van der Waals surface area contributed by atoms with E-state index in [2.05, 4.69) is 91.1 Å². The van der Waals surface area contributed by atoms with Crippen LogP contribution in [0.2, 0.25) is 0 Å². The molecule has 0 spiro atoms. The minimum absolute atomic E-state index is 0.00405. The molecule has 0 bridgehead atoms. The number of nitrogens with one attached hydrogen (secondary N) is 1. The molecule has 254 valence electrons. The Bertz CT molecular complexity index is 1800. The Morgan fingerprint density at radius 3 is 1.72 bits per heavy atom. The van der Waals surface area contributed by atoms with Crippen LogP contribution in [0.4, 0.5) is 5.69 Å². The lowest BCUT2D eigenvalue weighted by Gasteiger charge is -2.41. The van der Waals surface area contributed by atoms with Crippen molar-refractivity contribution in [1.82, 2.24) is 0 Å². The van der Waals surface area contributed by atoms with E-state index in [-0.39, 0.29) is 12.2 Å². The molecular weight excluding hydrogens is 620 g/mol. The third kappa shape index (κ3) is 7.15. The SMILES string of the molecule is CCc1cc(OC2CCC(OC(c3ccccc3)(c3ccccc3)c3ccccc3)CC2)cc(C(CC)(Nc2ccc(C#N)cc2)C(=O)O)c1. The van der Waals surface area contributed by atoms with Gasteiger partial charge in [-0.1, -0.05) is 111 Å². The fraction of sp³-hybridized carbons (Fsp3) is 0.273. The van der Waals surface area contributed by atoms with Crippen LogP contribution < -0.4 is 10.1 Å². The van der Waals surface area contributed by atoms with Gasteiger partial charge in [-0.05, 0) is 103 Å². The smallest absolute Gasteiger partial charge is 0.334 e. The summed E-state index contributed by atoms with van der Waals surface area (Å²) in [4.78, 5) is 13.0. The van der Waals surface area contributed by atoms with Crippen molar-refractivity contribution >= 4 is 11.7 Å². The molecule has 1 atom stereocenters. The molecule has 50 heavy (non-hydrogen) atoms. The summed E-state index contributed by atoms with van der Waals surface area (Å²) in [5.41, 5.74) is 3.92. The molecule has 0 aliphatic heterocycles. The van der Waals surface area contributed by atoms with Crippen molar-refractivity contribution in [3.8, 4) is 11.8 Å². The number of aryl methyl sites for hydroxylation is 1. The van der Waals surface area contributed by atoms with E-state index in [4.69, 9.17) is 9.47 Å². The molecular formula is C44H44N2O4. The number of carboxylic acid groups (broad SMARTS) is 1. The van der Waals surface area contributed by atoms with Gasteiger partial charge in [0, 0.05) is 5.69 Å². The molecule has 2 N–H and O–H groups in total. The maximum atomic E-state index is 13.0. The van der Waals surface area contributed by atoms with E-state index in [1.165, 1.54) is 0 Å². The maximum absolute atomic E-state index is 13.0. The highest BCUT2D eigenvalue weighted by molar-refractivity contribution is 5.85. The number of carbonyl (C=O) groups is 1. The molecule has 1 saturated carbocycles. The van der Waals surface area contributed by atoms with E-state index in [1.54, 1.807) is 24.3 Å². The second-order valence-electron chi connectivity index (χ2n) is 13.0. The predicted octanol–water partition coefficient (Wildman–Crippen LogP) is 9.62. The molecule has 1 fully saturated rings. The van der Waals surface area contributed by atoms with E-state index in [0.717, 1.165) is 54.4 Å². The molecule has 0 amide bonds. The van der Waals surface area contributed by atoms with E-state index >= 15 is 0 Å². The number of nitrogens with zero attached hydrogens (tertiary/aromatic N) is 1. The first-order valence-electron chi connectivity index (χ1n) is 17.6. The number of carboxylic acids is 1. The molecule has 5 aromatic rings. The van der Waals surface area contributed by atoms with Gasteiger partial charge in [-0.3, -0.25) is 0 Å². The van der Waals surface area contributed by atoms with Crippen molar-refractivity contribution in [2.24, 2.45) is 0 Å². The van der Waals surface area contributed by atoms with Gasteiger partial charge in [-0.25, -0.2) is 4.79 Å².